The zero-order valence-electron chi connectivity index (χ0n) is 17.5. The molecule has 8 heteroatoms. The molecule has 1 atom stereocenters. The topological polar surface area (TPSA) is 108 Å². The minimum absolute atomic E-state index is 0.281. The minimum Gasteiger partial charge on any atom is -0.482 e. The summed E-state index contributed by atoms with van der Waals surface area (Å²) in [5.41, 5.74) is 13.2. The number of anilines is 1. The number of aryl methyl sites for hydroxylation is 2. The first-order chi connectivity index (χ1) is 15.0. The van der Waals surface area contributed by atoms with Crippen molar-refractivity contribution in [1.29, 1.82) is 5.26 Å². The maximum atomic E-state index is 9.66. The Kier molecular flexibility index (Phi) is 4.26. The lowest BCUT2D eigenvalue weighted by Gasteiger charge is -2.22. The second-order valence-electron chi connectivity index (χ2n) is 7.78. The number of hydrogen-bond acceptors (Lipinski definition) is 6. The van der Waals surface area contributed by atoms with Crippen LogP contribution in [0.15, 0.2) is 42.9 Å². The summed E-state index contributed by atoms with van der Waals surface area (Å²) in [7, 11) is 1.93. The molecule has 1 unspecified atom stereocenters. The molecule has 5 rings (SSSR count). The number of fused-ring (bicyclic) bond motifs is 7. The van der Waals surface area contributed by atoms with Gasteiger partial charge in [0.1, 0.15) is 12.2 Å². The summed E-state index contributed by atoms with van der Waals surface area (Å²) in [5, 5.41) is 18.7. The van der Waals surface area contributed by atoms with Crippen LogP contribution in [0, 0.1) is 18.3 Å². The number of nitrogen functional groups attached to an aromatic ring is 1. The van der Waals surface area contributed by atoms with E-state index in [0.29, 0.717) is 29.4 Å². The van der Waals surface area contributed by atoms with Crippen molar-refractivity contribution in [2.24, 2.45) is 7.05 Å². The van der Waals surface area contributed by atoms with Gasteiger partial charge in [-0.1, -0.05) is 23.8 Å². The standard InChI is InChI=1S/C23H21N7O/c1-13-4-5-18-19(6-13)14(2)31-20-7-15(9-26-23(20)25)21-16(8-24)10-28-30(21)12-17-11-27-29(3)22(17)18/h4-7,9-11,14H,12H2,1-3H3,(H2,25,26). The SMILES string of the molecule is Cc1ccc2c(c1)C(C)Oc1cc(cnc1N)-c1c(C#N)cnn1Cc1cnn(C)c1-2. The van der Waals surface area contributed by atoms with Gasteiger partial charge in [-0.3, -0.25) is 9.36 Å². The summed E-state index contributed by atoms with van der Waals surface area (Å²) in [6.45, 7) is 4.52. The van der Waals surface area contributed by atoms with Crippen molar-refractivity contribution < 1.29 is 4.74 Å². The number of nitrogens with zero attached hydrogens (tertiary/aromatic N) is 6. The molecule has 0 radical (unpaired) electrons. The molecular weight excluding hydrogens is 390 g/mol. The van der Waals surface area contributed by atoms with Crippen molar-refractivity contribution in [2.45, 2.75) is 26.5 Å². The molecule has 1 aliphatic heterocycles. The van der Waals surface area contributed by atoms with Gasteiger partial charge in [-0.25, -0.2) is 4.98 Å². The highest BCUT2D eigenvalue weighted by molar-refractivity contribution is 5.72. The molecule has 31 heavy (non-hydrogen) atoms. The smallest absolute Gasteiger partial charge is 0.166 e. The molecule has 1 aromatic carbocycles. The molecular formula is C23H21N7O. The predicted molar refractivity (Wildman–Crippen MR) is 116 cm³/mol. The van der Waals surface area contributed by atoms with Gasteiger partial charge in [0.2, 0.25) is 0 Å². The van der Waals surface area contributed by atoms with Crippen LogP contribution in [0.5, 0.6) is 5.75 Å². The maximum Gasteiger partial charge on any atom is 0.166 e. The van der Waals surface area contributed by atoms with Crippen LogP contribution < -0.4 is 10.5 Å². The van der Waals surface area contributed by atoms with Gasteiger partial charge in [-0.2, -0.15) is 15.5 Å². The summed E-state index contributed by atoms with van der Waals surface area (Å²) in [6, 6.07) is 10.4. The third kappa shape index (κ3) is 3.02. The van der Waals surface area contributed by atoms with Gasteiger partial charge in [-0.15, -0.1) is 0 Å². The highest BCUT2D eigenvalue weighted by atomic mass is 16.5. The van der Waals surface area contributed by atoms with Gasteiger partial charge in [0.05, 0.1) is 35.9 Å². The summed E-state index contributed by atoms with van der Waals surface area (Å²) >= 11 is 0. The number of hydrogen-bond donors (Lipinski definition) is 1. The Morgan fingerprint density at radius 2 is 2.00 bits per heavy atom. The van der Waals surface area contributed by atoms with E-state index in [1.807, 2.05) is 30.9 Å². The van der Waals surface area contributed by atoms with Gasteiger partial charge in [0, 0.05) is 35.5 Å². The van der Waals surface area contributed by atoms with E-state index in [2.05, 4.69) is 46.4 Å². The number of benzene rings is 1. The fourth-order valence-electron chi connectivity index (χ4n) is 4.17. The minimum atomic E-state index is -0.281. The van der Waals surface area contributed by atoms with Crippen LogP contribution in [0.4, 0.5) is 5.82 Å². The molecule has 0 saturated heterocycles. The molecule has 0 fully saturated rings. The van der Waals surface area contributed by atoms with Gasteiger partial charge in [0.25, 0.3) is 0 Å². The first-order valence-electron chi connectivity index (χ1n) is 9.96. The Morgan fingerprint density at radius 1 is 1.16 bits per heavy atom. The molecule has 0 amide bonds. The molecule has 4 heterocycles. The van der Waals surface area contributed by atoms with Crippen molar-refractivity contribution in [3.05, 3.63) is 65.1 Å². The summed E-state index contributed by atoms with van der Waals surface area (Å²) in [6.07, 6.45) is 4.79. The highest BCUT2D eigenvalue weighted by Gasteiger charge is 2.24. The van der Waals surface area contributed by atoms with E-state index in [4.69, 9.17) is 10.5 Å². The van der Waals surface area contributed by atoms with E-state index in [1.54, 1.807) is 17.1 Å². The van der Waals surface area contributed by atoms with E-state index in [1.165, 1.54) is 0 Å². The fraction of sp³-hybridized carbons (Fsp3) is 0.217. The fourth-order valence-corrected chi connectivity index (χ4v) is 4.17. The molecule has 3 aromatic heterocycles. The molecule has 0 saturated carbocycles. The second kappa shape index (κ2) is 6.99. The van der Waals surface area contributed by atoms with Crippen molar-refractivity contribution in [3.63, 3.8) is 0 Å². The van der Waals surface area contributed by atoms with Crippen LogP contribution in [0.3, 0.4) is 0 Å². The van der Waals surface area contributed by atoms with Crippen LogP contribution in [0.1, 0.15) is 35.3 Å². The zero-order valence-corrected chi connectivity index (χ0v) is 17.5. The van der Waals surface area contributed by atoms with Crippen LogP contribution >= 0.6 is 0 Å². The van der Waals surface area contributed by atoms with Crippen molar-refractivity contribution in [1.82, 2.24) is 24.5 Å². The predicted octanol–water partition coefficient (Wildman–Crippen LogP) is 3.61. The van der Waals surface area contributed by atoms with E-state index in [0.717, 1.165) is 33.5 Å². The number of ether oxygens (including phenoxy) is 1. The Bertz CT molecular complexity index is 1360. The summed E-state index contributed by atoms with van der Waals surface area (Å²) < 4.78 is 9.97. The van der Waals surface area contributed by atoms with E-state index in [-0.39, 0.29) is 6.10 Å². The molecule has 8 nitrogen and oxygen atoms in total. The quantitative estimate of drug-likeness (QED) is 0.474. The van der Waals surface area contributed by atoms with Crippen molar-refractivity contribution in [2.75, 3.05) is 5.73 Å². The maximum absolute atomic E-state index is 9.66. The number of aromatic nitrogens is 5. The molecule has 1 aliphatic rings. The zero-order chi connectivity index (χ0) is 21.7. The molecule has 2 N–H and O–H groups in total. The number of rotatable bonds is 0. The summed E-state index contributed by atoms with van der Waals surface area (Å²) in [4.78, 5) is 4.32. The Morgan fingerprint density at radius 3 is 2.81 bits per heavy atom. The summed E-state index contributed by atoms with van der Waals surface area (Å²) in [5.74, 6) is 0.771. The normalized spacial score (nSPS) is 14.8. The average molecular weight is 411 g/mol. The Balaban J connectivity index is 1.83. The van der Waals surface area contributed by atoms with Crippen LogP contribution in [-0.4, -0.2) is 24.5 Å². The van der Waals surface area contributed by atoms with Gasteiger partial charge in [0.15, 0.2) is 11.6 Å². The Hall–Kier alpha value is -4.12. The third-order valence-corrected chi connectivity index (χ3v) is 5.65. The van der Waals surface area contributed by atoms with Gasteiger partial charge < -0.3 is 10.5 Å². The molecule has 154 valence electrons. The van der Waals surface area contributed by atoms with Crippen LogP contribution in [-0.2, 0) is 13.6 Å². The number of pyridine rings is 1. The highest BCUT2D eigenvalue weighted by Crippen LogP contribution is 2.37. The third-order valence-electron chi connectivity index (χ3n) is 5.65. The van der Waals surface area contributed by atoms with E-state index in [9.17, 15) is 5.26 Å². The lowest BCUT2D eigenvalue weighted by Crippen LogP contribution is -2.12. The lowest BCUT2D eigenvalue weighted by atomic mass is 9.96. The van der Waals surface area contributed by atoms with Crippen LogP contribution in [0.2, 0.25) is 0 Å². The van der Waals surface area contributed by atoms with Gasteiger partial charge in [-0.05, 0) is 19.9 Å². The molecule has 2 bridgehead atoms. The first-order valence-corrected chi connectivity index (χ1v) is 9.96. The Labute approximate surface area is 179 Å². The van der Waals surface area contributed by atoms with Crippen LogP contribution in [0.25, 0.3) is 22.5 Å². The number of nitrogens with two attached hydrogens (primary N) is 1. The number of nitriles is 1. The van der Waals surface area contributed by atoms with Crippen molar-refractivity contribution in [3.8, 4) is 34.3 Å². The van der Waals surface area contributed by atoms with Gasteiger partial charge >= 0.3 is 0 Å². The lowest BCUT2D eigenvalue weighted by molar-refractivity contribution is 0.228. The second-order valence-corrected chi connectivity index (χ2v) is 7.78. The average Bonchev–Trinajstić information content (AvgIpc) is 3.32. The monoisotopic (exact) mass is 411 g/mol. The van der Waals surface area contributed by atoms with E-state index >= 15 is 0 Å². The first kappa shape index (κ1) is 18.9. The molecule has 4 aromatic rings. The van der Waals surface area contributed by atoms with Crippen molar-refractivity contribution >= 4 is 5.82 Å². The largest absolute Gasteiger partial charge is 0.482 e. The molecule has 0 aliphatic carbocycles. The van der Waals surface area contributed by atoms with E-state index < -0.39 is 0 Å². The molecule has 0 spiro atoms.